The van der Waals surface area contributed by atoms with Gasteiger partial charge in [-0.25, -0.2) is 8.78 Å². The summed E-state index contributed by atoms with van der Waals surface area (Å²) in [5, 5.41) is 0. The van der Waals surface area contributed by atoms with E-state index in [2.05, 4.69) is 6.58 Å². The Morgan fingerprint density at radius 3 is 2.70 bits per heavy atom. The van der Waals surface area contributed by atoms with E-state index < -0.39 is 6.43 Å². The molecule has 3 nitrogen and oxygen atoms in total. The fourth-order valence-corrected chi connectivity index (χ4v) is 1.99. The van der Waals surface area contributed by atoms with Crippen LogP contribution in [0.25, 0.3) is 0 Å². The number of hydrogen-bond donors (Lipinski definition) is 0. The molecule has 1 aromatic carbocycles. The van der Waals surface area contributed by atoms with Crippen LogP contribution >= 0.6 is 0 Å². The standard InChI is InChI=1S/C15H19F2NO2/c1-4-9-18(10-5-2)15(19)12-8-6-7-11(14(16)17)13(12)20-3/h4,6-8,14H,1,5,9-10H2,2-3H3. The molecule has 0 aromatic heterocycles. The summed E-state index contributed by atoms with van der Waals surface area (Å²) in [4.78, 5) is 14.0. The summed E-state index contributed by atoms with van der Waals surface area (Å²) in [5.74, 6) is -0.385. The first-order valence-electron chi connectivity index (χ1n) is 6.42. The first-order valence-corrected chi connectivity index (χ1v) is 6.42. The van der Waals surface area contributed by atoms with E-state index in [0.717, 1.165) is 6.42 Å². The van der Waals surface area contributed by atoms with Gasteiger partial charge < -0.3 is 9.64 Å². The third kappa shape index (κ3) is 3.56. The number of ether oxygens (including phenoxy) is 1. The van der Waals surface area contributed by atoms with E-state index in [0.29, 0.717) is 13.1 Å². The van der Waals surface area contributed by atoms with Crippen LogP contribution in [-0.2, 0) is 0 Å². The number of rotatable bonds is 7. The normalized spacial score (nSPS) is 10.4. The van der Waals surface area contributed by atoms with Crippen molar-refractivity contribution in [2.24, 2.45) is 0 Å². The van der Waals surface area contributed by atoms with Crippen LogP contribution in [0.15, 0.2) is 30.9 Å². The molecule has 110 valence electrons. The number of nitrogens with zero attached hydrogens (tertiary/aromatic N) is 1. The van der Waals surface area contributed by atoms with Crippen molar-refractivity contribution < 1.29 is 18.3 Å². The highest BCUT2D eigenvalue weighted by atomic mass is 19.3. The molecule has 0 fully saturated rings. The predicted molar refractivity (Wildman–Crippen MR) is 74.3 cm³/mol. The van der Waals surface area contributed by atoms with Gasteiger partial charge in [0.1, 0.15) is 5.75 Å². The van der Waals surface area contributed by atoms with Gasteiger partial charge in [0.25, 0.3) is 12.3 Å². The lowest BCUT2D eigenvalue weighted by atomic mass is 10.1. The summed E-state index contributed by atoms with van der Waals surface area (Å²) in [7, 11) is 1.29. The van der Waals surface area contributed by atoms with Gasteiger partial charge in [-0.05, 0) is 18.6 Å². The molecule has 0 heterocycles. The first-order chi connectivity index (χ1) is 9.56. The van der Waals surface area contributed by atoms with Crippen LogP contribution in [0.1, 0.15) is 35.7 Å². The largest absolute Gasteiger partial charge is 0.495 e. The van der Waals surface area contributed by atoms with Gasteiger partial charge in [0.05, 0.1) is 18.2 Å². The Balaban J connectivity index is 3.20. The minimum Gasteiger partial charge on any atom is -0.495 e. The highest BCUT2D eigenvalue weighted by Gasteiger charge is 2.23. The van der Waals surface area contributed by atoms with Crippen molar-refractivity contribution in [1.29, 1.82) is 0 Å². The SMILES string of the molecule is C=CCN(CCC)C(=O)c1cccc(C(F)F)c1OC. The molecule has 1 rings (SSSR count). The second kappa shape index (κ2) is 7.62. The van der Waals surface area contributed by atoms with Gasteiger partial charge in [0.15, 0.2) is 0 Å². The molecule has 0 bridgehead atoms. The lowest BCUT2D eigenvalue weighted by Crippen LogP contribution is -2.32. The van der Waals surface area contributed by atoms with Gasteiger partial charge in [0.2, 0.25) is 0 Å². The second-order valence-electron chi connectivity index (χ2n) is 4.27. The van der Waals surface area contributed by atoms with Gasteiger partial charge in [-0.1, -0.05) is 19.1 Å². The van der Waals surface area contributed by atoms with Gasteiger partial charge >= 0.3 is 0 Å². The summed E-state index contributed by atoms with van der Waals surface area (Å²) < 4.78 is 30.9. The average molecular weight is 283 g/mol. The van der Waals surface area contributed by atoms with Gasteiger partial charge in [-0.3, -0.25) is 4.79 Å². The van der Waals surface area contributed by atoms with Crippen molar-refractivity contribution >= 4 is 5.91 Å². The Morgan fingerprint density at radius 1 is 1.50 bits per heavy atom. The Morgan fingerprint density at radius 2 is 2.20 bits per heavy atom. The molecule has 5 heteroatoms. The molecule has 0 saturated heterocycles. The average Bonchev–Trinajstić information content (AvgIpc) is 2.45. The molecular weight excluding hydrogens is 264 g/mol. The highest BCUT2D eigenvalue weighted by Crippen LogP contribution is 2.32. The van der Waals surface area contributed by atoms with Gasteiger partial charge in [-0.15, -0.1) is 6.58 Å². The topological polar surface area (TPSA) is 29.5 Å². The molecule has 0 aliphatic rings. The maximum Gasteiger partial charge on any atom is 0.267 e. The molecule has 0 unspecified atom stereocenters. The summed E-state index contributed by atoms with van der Waals surface area (Å²) in [5.41, 5.74) is -0.117. The zero-order valence-electron chi connectivity index (χ0n) is 11.7. The number of amides is 1. The molecule has 0 atom stereocenters. The van der Waals surface area contributed by atoms with Crippen molar-refractivity contribution in [2.75, 3.05) is 20.2 Å². The molecule has 1 aromatic rings. The minimum absolute atomic E-state index is 0.0577. The molecule has 0 N–H and O–H groups in total. The molecule has 1 amide bonds. The fraction of sp³-hybridized carbons (Fsp3) is 0.400. The van der Waals surface area contributed by atoms with Crippen LogP contribution in [0.3, 0.4) is 0 Å². The lowest BCUT2D eigenvalue weighted by molar-refractivity contribution is 0.0769. The van der Waals surface area contributed by atoms with Crippen molar-refractivity contribution in [1.82, 2.24) is 4.90 Å². The van der Waals surface area contributed by atoms with Gasteiger partial charge in [-0.2, -0.15) is 0 Å². The van der Waals surface area contributed by atoms with E-state index in [1.807, 2.05) is 6.92 Å². The molecule has 0 aliphatic heterocycles. The van der Waals surface area contributed by atoms with E-state index in [9.17, 15) is 13.6 Å². The van der Waals surface area contributed by atoms with Crippen LogP contribution in [0.5, 0.6) is 5.75 Å². The van der Waals surface area contributed by atoms with Crippen molar-refractivity contribution in [3.05, 3.63) is 42.0 Å². The third-order valence-electron chi connectivity index (χ3n) is 2.85. The monoisotopic (exact) mass is 283 g/mol. The van der Waals surface area contributed by atoms with E-state index in [-0.39, 0.29) is 22.8 Å². The molecule has 0 saturated carbocycles. The zero-order valence-corrected chi connectivity index (χ0v) is 11.7. The summed E-state index contributed by atoms with van der Waals surface area (Å²) in [6.45, 7) is 6.45. The number of alkyl halides is 2. The highest BCUT2D eigenvalue weighted by molar-refractivity contribution is 5.97. The van der Waals surface area contributed by atoms with Crippen LogP contribution < -0.4 is 4.74 Å². The predicted octanol–water partition coefficient (Wildman–Crippen LogP) is 3.67. The number of carbonyl (C=O) groups is 1. The number of para-hydroxylation sites is 1. The molecule has 0 aliphatic carbocycles. The van der Waals surface area contributed by atoms with E-state index in [1.54, 1.807) is 11.0 Å². The van der Waals surface area contributed by atoms with Gasteiger partial charge in [0, 0.05) is 13.1 Å². The Bertz CT molecular complexity index is 475. The summed E-state index contributed by atoms with van der Waals surface area (Å²) in [6.07, 6.45) is -0.301. The Hall–Kier alpha value is -1.91. The quantitative estimate of drug-likeness (QED) is 0.714. The Labute approximate surface area is 117 Å². The van der Waals surface area contributed by atoms with E-state index in [4.69, 9.17) is 4.74 Å². The van der Waals surface area contributed by atoms with Crippen molar-refractivity contribution in [2.45, 2.75) is 19.8 Å². The fourth-order valence-electron chi connectivity index (χ4n) is 1.99. The molecule has 0 spiro atoms. The van der Waals surface area contributed by atoms with Crippen LogP contribution in [0.4, 0.5) is 8.78 Å². The number of hydrogen-bond acceptors (Lipinski definition) is 2. The van der Waals surface area contributed by atoms with Crippen LogP contribution in [0, 0.1) is 0 Å². The molecule has 20 heavy (non-hydrogen) atoms. The molecular formula is C15H19F2NO2. The summed E-state index contributed by atoms with van der Waals surface area (Å²) in [6, 6.07) is 4.20. The lowest BCUT2D eigenvalue weighted by Gasteiger charge is -2.22. The van der Waals surface area contributed by atoms with Crippen LogP contribution in [-0.4, -0.2) is 31.0 Å². The number of halogens is 2. The Kier molecular flexibility index (Phi) is 6.15. The minimum atomic E-state index is -2.68. The third-order valence-corrected chi connectivity index (χ3v) is 2.85. The van der Waals surface area contributed by atoms with Crippen molar-refractivity contribution in [3.8, 4) is 5.75 Å². The number of carbonyl (C=O) groups excluding carboxylic acids is 1. The van der Waals surface area contributed by atoms with E-state index >= 15 is 0 Å². The number of methoxy groups -OCH3 is 1. The number of benzene rings is 1. The van der Waals surface area contributed by atoms with Crippen LogP contribution in [0.2, 0.25) is 0 Å². The smallest absolute Gasteiger partial charge is 0.267 e. The van der Waals surface area contributed by atoms with Crippen molar-refractivity contribution in [3.63, 3.8) is 0 Å². The zero-order chi connectivity index (χ0) is 15.1. The molecule has 0 radical (unpaired) electrons. The first kappa shape index (κ1) is 16.1. The maximum atomic E-state index is 12.9. The van der Waals surface area contributed by atoms with E-state index in [1.165, 1.54) is 25.3 Å². The second-order valence-corrected chi connectivity index (χ2v) is 4.27. The maximum absolute atomic E-state index is 12.9. The summed E-state index contributed by atoms with van der Waals surface area (Å²) >= 11 is 0.